The van der Waals surface area contributed by atoms with Crippen LogP contribution in [0.15, 0.2) is 6.33 Å². The van der Waals surface area contributed by atoms with Crippen LogP contribution >= 0.6 is 0 Å². The van der Waals surface area contributed by atoms with E-state index in [1.165, 1.54) is 0 Å². The van der Waals surface area contributed by atoms with Gasteiger partial charge in [-0.05, 0) is 27.1 Å². The molecule has 6 nitrogen and oxygen atoms in total. The van der Waals surface area contributed by atoms with Crippen molar-refractivity contribution in [3.63, 3.8) is 0 Å². The van der Waals surface area contributed by atoms with Crippen LogP contribution < -0.4 is 5.32 Å². The summed E-state index contributed by atoms with van der Waals surface area (Å²) in [7, 11) is 4.45. The van der Waals surface area contributed by atoms with Gasteiger partial charge in [0.2, 0.25) is 0 Å². The molecule has 0 radical (unpaired) electrons. The third-order valence-electron chi connectivity index (χ3n) is 4.36. The Morgan fingerprint density at radius 3 is 2.86 bits per heavy atom. The van der Waals surface area contributed by atoms with Gasteiger partial charge < -0.3 is 10.2 Å². The number of hydrogen-bond donors (Lipinski definition) is 1. The molecule has 1 aliphatic rings. The SMILES string of the molecule is CCCn1ncnc1CC(NCC)C1CN(C)CCN1C. The minimum Gasteiger partial charge on any atom is -0.312 e. The molecule has 0 saturated carbocycles. The molecule has 2 atom stereocenters. The van der Waals surface area contributed by atoms with Gasteiger partial charge in [-0.2, -0.15) is 5.10 Å². The van der Waals surface area contributed by atoms with E-state index in [0.717, 1.165) is 51.4 Å². The van der Waals surface area contributed by atoms with Gasteiger partial charge in [-0.3, -0.25) is 9.58 Å². The van der Waals surface area contributed by atoms with Gasteiger partial charge in [0.05, 0.1) is 0 Å². The third-order valence-corrected chi connectivity index (χ3v) is 4.36. The van der Waals surface area contributed by atoms with E-state index >= 15 is 0 Å². The zero-order chi connectivity index (χ0) is 15.2. The molecule has 0 bridgehead atoms. The third kappa shape index (κ3) is 4.25. The van der Waals surface area contributed by atoms with Crippen LogP contribution in [0.1, 0.15) is 26.1 Å². The zero-order valence-corrected chi connectivity index (χ0v) is 13.9. The number of aromatic nitrogens is 3. The van der Waals surface area contributed by atoms with Crippen LogP contribution in [0, 0.1) is 0 Å². The molecule has 2 unspecified atom stereocenters. The van der Waals surface area contributed by atoms with E-state index in [9.17, 15) is 0 Å². The number of hydrogen-bond acceptors (Lipinski definition) is 5. The van der Waals surface area contributed by atoms with Gasteiger partial charge in [-0.15, -0.1) is 0 Å². The van der Waals surface area contributed by atoms with Crippen LogP contribution in [0.4, 0.5) is 0 Å². The topological polar surface area (TPSA) is 49.2 Å². The predicted molar refractivity (Wildman–Crippen MR) is 85.4 cm³/mol. The predicted octanol–water partition coefficient (Wildman–Crippen LogP) is 0.455. The Labute approximate surface area is 128 Å². The van der Waals surface area contributed by atoms with Gasteiger partial charge >= 0.3 is 0 Å². The highest BCUT2D eigenvalue weighted by atomic mass is 15.3. The molecular formula is C15H30N6. The van der Waals surface area contributed by atoms with Crippen LogP contribution in [0.25, 0.3) is 0 Å². The monoisotopic (exact) mass is 294 g/mol. The van der Waals surface area contributed by atoms with Crippen molar-refractivity contribution in [1.82, 2.24) is 29.9 Å². The van der Waals surface area contributed by atoms with Gasteiger partial charge in [-0.25, -0.2) is 4.98 Å². The summed E-state index contributed by atoms with van der Waals surface area (Å²) in [5, 5.41) is 8.01. The number of rotatable bonds is 7. The van der Waals surface area contributed by atoms with Gasteiger partial charge in [0.1, 0.15) is 12.2 Å². The summed E-state index contributed by atoms with van der Waals surface area (Å²) in [6, 6.07) is 0.943. The molecular weight excluding hydrogens is 264 g/mol. The molecule has 0 spiro atoms. The van der Waals surface area contributed by atoms with Crippen molar-refractivity contribution in [3.8, 4) is 0 Å². The van der Waals surface area contributed by atoms with Crippen molar-refractivity contribution < 1.29 is 0 Å². The van der Waals surface area contributed by atoms with Crippen LogP contribution in [0.5, 0.6) is 0 Å². The minimum absolute atomic E-state index is 0.419. The molecule has 1 aromatic heterocycles. The Hall–Kier alpha value is -0.980. The lowest BCUT2D eigenvalue weighted by Gasteiger charge is -2.42. The lowest BCUT2D eigenvalue weighted by atomic mass is 10.00. The Kier molecular flexibility index (Phi) is 6.14. The average molecular weight is 294 g/mol. The fourth-order valence-corrected chi connectivity index (χ4v) is 3.13. The molecule has 1 aromatic rings. The van der Waals surface area contributed by atoms with E-state index in [2.05, 4.69) is 57.8 Å². The second kappa shape index (κ2) is 7.87. The second-order valence-electron chi connectivity index (χ2n) is 6.08. The first-order valence-electron chi connectivity index (χ1n) is 8.14. The number of aryl methyl sites for hydroxylation is 1. The molecule has 0 amide bonds. The average Bonchev–Trinajstić information content (AvgIpc) is 2.89. The van der Waals surface area contributed by atoms with Crippen molar-refractivity contribution in [1.29, 1.82) is 0 Å². The van der Waals surface area contributed by atoms with Gasteiger partial charge in [0.15, 0.2) is 0 Å². The summed E-state index contributed by atoms with van der Waals surface area (Å²) < 4.78 is 2.05. The minimum atomic E-state index is 0.419. The quantitative estimate of drug-likeness (QED) is 0.791. The summed E-state index contributed by atoms with van der Waals surface area (Å²) in [6.45, 7) is 9.68. The highest BCUT2D eigenvalue weighted by Gasteiger charge is 2.30. The van der Waals surface area contributed by atoms with E-state index in [4.69, 9.17) is 0 Å². The Morgan fingerprint density at radius 1 is 1.33 bits per heavy atom. The molecule has 1 saturated heterocycles. The normalized spacial score (nSPS) is 22.6. The Morgan fingerprint density at radius 2 is 2.14 bits per heavy atom. The highest BCUT2D eigenvalue weighted by Crippen LogP contribution is 2.14. The smallest absolute Gasteiger partial charge is 0.138 e. The fourth-order valence-electron chi connectivity index (χ4n) is 3.13. The van der Waals surface area contributed by atoms with Crippen LogP contribution in [0.3, 0.4) is 0 Å². The van der Waals surface area contributed by atoms with Crippen molar-refractivity contribution in [2.45, 2.75) is 45.3 Å². The van der Waals surface area contributed by atoms with Crippen LogP contribution in [-0.4, -0.2) is 76.9 Å². The van der Waals surface area contributed by atoms with Crippen molar-refractivity contribution in [2.75, 3.05) is 40.3 Å². The van der Waals surface area contributed by atoms with Gasteiger partial charge in [-0.1, -0.05) is 13.8 Å². The Bertz CT molecular complexity index is 418. The number of likely N-dealkylation sites (N-methyl/N-ethyl adjacent to an activating group) is 3. The number of nitrogens with one attached hydrogen (secondary N) is 1. The summed E-state index contributed by atoms with van der Waals surface area (Å²) in [5.74, 6) is 1.10. The molecule has 21 heavy (non-hydrogen) atoms. The summed E-state index contributed by atoms with van der Waals surface area (Å²) in [6.07, 6.45) is 3.72. The standard InChI is InChI=1S/C15H30N6/c1-5-7-21-15(17-12-18-21)10-13(16-6-2)14-11-19(3)8-9-20(14)4/h12-14,16H,5-11H2,1-4H3. The summed E-state index contributed by atoms with van der Waals surface area (Å²) in [5.41, 5.74) is 0. The molecule has 6 heteroatoms. The molecule has 1 fully saturated rings. The fraction of sp³-hybridized carbons (Fsp3) is 0.867. The van der Waals surface area contributed by atoms with Crippen molar-refractivity contribution in [2.24, 2.45) is 0 Å². The first kappa shape index (κ1) is 16.4. The zero-order valence-electron chi connectivity index (χ0n) is 13.9. The lowest BCUT2D eigenvalue weighted by Crippen LogP contribution is -2.59. The molecule has 0 aromatic carbocycles. The summed E-state index contributed by atoms with van der Waals surface area (Å²) >= 11 is 0. The second-order valence-corrected chi connectivity index (χ2v) is 6.08. The van der Waals surface area contributed by atoms with Crippen LogP contribution in [0.2, 0.25) is 0 Å². The van der Waals surface area contributed by atoms with Gasteiger partial charge in [0.25, 0.3) is 0 Å². The van der Waals surface area contributed by atoms with E-state index in [0.29, 0.717) is 12.1 Å². The maximum atomic E-state index is 4.48. The largest absolute Gasteiger partial charge is 0.312 e. The molecule has 2 heterocycles. The van der Waals surface area contributed by atoms with Gasteiger partial charge in [0, 0.05) is 44.7 Å². The molecule has 1 aliphatic heterocycles. The number of nitrogens with zero attached hydrogens (tertiary/aromatic N) is 5. The van der Waals surface area contributed by atoms with E-state index in [1.54, 1.807) is 6.33 Å². The highest BCUT2D eigenvalue weighted by molar-refractivity contribution is 4.97. The van der Waals surface area contributed by atoms with E-state index in [1.807, 2.05) is 0 Å². The molecule has 1 N–H and O–H groups in total. The summed E-state index contributed by atoms with van der Waals surface area (Å²) in [4.78, 5) is 9.38. The molecule has 0 aliphatic carbocycles. The van der Waals surface area contributed by atoms with E-state index < -0.39 is 0 Å². The first-order valence-corrected chi connectivity index (χ1v) is 8.14. The van der Waals surface area contributed by atoms with Crippen molar-refractivity contribution in [3.05, 3.63) is 12.2 Å². The maximum Gasteiger partial charge on any atom is 0.138 e. The lowest BCUT2D eigenvalue weighted by molar-refractivity contribution is 0.0872. The first-order chi connectivity index (χ1) is 10.2. The molecule has 120 valence electrons. The van der Waals surface area contributed by atoms with E-state index in [-0.39, 0.29) is 0 Å². The molecule has 2 rings (SSSR count). The van der Waals surface area contributed by atoms with Crippen molar-refractivity contribution >= 4 is 0 Å². The Balaban J connectivity index is 2.08. The van der Waals surface area contributed by atoms with Crippen LogP contribution in [-0.2, 0) is 13.0 Å². The maximum absolute atomic E-state index is 4.48. The number of piperazine rings is 1.